The van der Waals surface area contributed by atoms with Gasteiger partial charge >= 0.3 is 0 Å². The van der Waals surface area contributed by atoms with Crippen molar-refractivity contribution in [1.82, 2.24) is 0 Å². The Morgan fingerprint density at radius 3 is 0.941 bits per heavy atom. The van der Waals surface area contributed by atoms with E-state index in [0.29, 0.717) is 0 Å². The maximum atomic E-state index is 2.25. The van der Waals surface area contributed by atoms with Gasteiger partial charge in [0.05, 0.1) is 0 Å². The molecule has 0 radical (unpaired) electrons. The van der Waals surface area contributed by atoms with E-state index in [-0.39, 0.29) is 11.0 Å². The van der Waals surface area contributed by atoms with Crippen molar-refractivity contribution >= 4 is 0 Å². The molecule has 0 unspecified atom stereocenters. The lowest BCUT2D eigenvalue weighted by Crippen LogP contribution is -1.85. The van der Waals surface area contributed by atoms with Crippen LogP contribution in [0.5, 0.6) is 0 Å². The second-order valence-electron chi connectivity index (χ2n) is 4.18. The van der Waals surface area contributed by atoms with Crippen molar-refractivity contribution in [1.29, 1.82) is 0 Å². The molecule has 0 aromatic heterocycles. The average molecular weight is 250 g/mol. The van der Waals surface area contributed by atoms with Gasteiger partial charge in [-0.15, -0.1) is 0 Å². The van der Waals surface area contributed by atoms with E-state index in [1.54, 1.807) is 0 Å². The summed E-state index contributed by atoms with van der Waals surface area (Å²) in [6.45, 7) is 8.49. The smallest absolute Gasteiger partial charge is 0.0533 e. The molecule has 0 amide bonds. The Kier molecular flexibility index (Phi) is 44.9. The highest BCUT2D eigenvalue weighted by Gasteiger charge is 1.95. The molecule has 1 rings (SSSR count). The van der Waals surface area contributed by atoms with Crippen LogP contribution in [0.15, 0.2) is 0 Å². The second kappa shape index (κ2) is 29.7. The normalized spacial score (nSPS) is 12.7. The summed E-state index contributed by atoms with van der Waals surface area (Å²) in [5, 5.41) is 0. The molecule has 0 saturated heterocycles. The SMILES string of the molecule is C1CCCCC1.CC.CCCCCCC.O.O. The Bertz CT molecular complexity index is 65.5. The molecule has 0 aromatic carbocycles. The van der Waals surface area contributed by atoms with Crippen molar-refractivity contribution in [2.24, 2.45) is 0 Å². The molecule has 4 N–H and O–H groups in total. The zero-order valence-corrected chi connectivity index (χ0v) is 12.8. The molecule has 2 nitrogen and oxygen atoms in total. The summed E-state index contributed by atoms with van der Waals surface area (Å²) in [4.78, 5) is 0. The summed E-state index contributed by atoms with van der Waals surface area (Å²) >= 11 is 0. The van der Waals surface area contributed by atoms with Gasteiger partial charge in [0.15, 0.2) is 0 Å². The van der Waals surface area contributed by atoms with E-state index in [4.69, 9.17) is 0 Å². The van der Waals surface area contributed by atoms with Crippen LogP contribution in [0, 0.1) is 0 Å². The van der Waals surface area contributed by atoms with Gasteiger partial charge in [-0.2, -0.15) is 0 Å². The lowest BCUT2D eigenvalue weighted by molar-refractivity contribution is 0.504. The van der Waals surface area contributed by atoms with Gasteiger partial charge in [-0.3, -0.25) is 0 Å². The Balaban J connectivity index is -0.0000000788. The fraction of sp³-hybridized carbons (Fsp3) is 1.00. The maximum Gasteiger partial charge on any atom is -0.0533 e. The first-order valence-electron chi connectivity index (χ1n) is 7.41. The Morgan fingerprint density at radius 2 is 0.765 bits per heavy atom. The molecule has 0 bridgehead atoms. The van der Waals surface area contributed by atoms with E-state index in [1.807, 2.05) is 13.8 Å². The van der Waals surface area contributed by atoms with Gasteiger partial charge in [0.2, 0.25) is 0 Å². The third kappa shape index (κ3) is 31.3. The van der Waals surface area contributed by atoms with Gasteiger partial charge in [-0.05, 0) is 0 Å². The minimum atomic E-state index is 0. The van der Waals surface area contributed by atoms with E-state index >= 15 is 0 Å². The van der Waals surface area contributed by atoms with E-state index in [1.165, 1.54) is 70.6 Å². The second-order valence-corrected chi connectivity index (χ2v) is 4.18. The third-order valence-electron chi connectivity index (χ3n) is 2.71. The van der Waals surface area contributed by atoms with Gasteiger partial charge in [0, 0.05) is 0 Å². The standard InChI is InChI=1S/C7H16.C6H12.C2H6.2H2O/c1-3-5-7-6-4-2;1-2-4-6-5-3-1;1-2;;/h3-7H2,1-2H3;1-6H2;1-2H3;2*1H2. The number of hydrogen-bond acceptors (Lipinski definition) is 0. The number of hydrogen-bond donors (Lipinski definition) is 0. The Labute approximate surface area is 110 Å². The van der Waals surface area contributed by atoms with E-state index in [0.717, 1.165) is 0 Å². The van der Waals surface area contributed by atoms with E-state index in [9.17, 15) is 0 Å². The highest BCUT2D eigenvalue weighted by molar-refractivity contribution is 4.51. The van der Waals surface area contributed by atoms with Gasteiger partial charge in [-0.25, -0.2) is 0 Å². The first kappa shape index (κ1) is 25.7. The number of rotatable bonds is 4. The van der Waals surface area contributed by atoms with Gasteiger partial charge in [0.1, 0.15) is 0 Å². The average Bonchev–Trinajstić information content (AvgIpc) is 2.35. The molecule has 0 aromatic rings. The molecule has 1 saturated carbocycles. The van der Waals surface area contributed by atoms with Gasteiger partial charge < -0.3 is 11.0 Å². The topological polar surface area (TPSA) is 63.0 Å². The molecule has 0 spiro atoms. The van der Waals surface area contributed by atoms with Crippen LogP contribution in [0.25, 0.3) is 0 Å². The Morgan fingerprint density at radius 1 is 0.529 bits per heavy atom. The molecular weight excluding hydrogens is 212 g/mol. The van der Waals surface area contributed by atoms with Gasteiger partial charge in [-0.1, -0.05) is 98.3 Å². The minimum absolute atomic E-state index is 0. The zero-order valence-electron chi connectivity index (χ0n) is 12.8. The molecule has 2 heteroatoms. The molecule has 1 aliphatic rings. The Hall–Kier alpha value is -0.0800. The van der Waals surface area contributed by atoms with Crippen LogP contribution >= 0.6 is 0 Å². The lowest BCUT2D eigenvalue weighted by atomic mass is 10.0. The predicted molar refractivity (Wildman–Crippen MR) is 80.7 cm³/mol. The summed E-state index contributed by atoms with van der Waals surface area (Å²) in [5.74, 6) is 0. The quantitative estimate of drug-likeness (QED) is 0.650. The molecular formula is C15H38O2. The summed E-state index contributed by atoms with van der Waals surface area (Å²) in [5.41, 5.74) is 0. The van der Waals surface area contributed by atoms with Crippen molar-refractivity contribution in [3.63, 3.8) is 0 Å². The summed E-state index contributed by atoms with van der Waals surface area (Å²) in [6.07, 6.45) is 16.0. The van der Waals surface area contributed by atoms with Crippen LogP contribution in [0.1, 0.15) is 98.3 Å². The fourth-order valence-electron chi connectivity index (χ4n) is 1.74. The summed E-state index contributed by atoms with van der Waals surface area (Å²) in [7, 11) is 0. The zero-order chi connectivity index (χ0) is 11.8. The van der Waals surface area contributed by atoms with Gasteiger partial charge in [0.25, 0.3) is 0 Å². The first-order valence-corrected chi connectivity index (χ1v) is 7.41. The molecule has 110 valence electrons. The van der Waals surface area contributed by atoms with Crippen LogP contribution in [0.4, 0.5) is 0 Å². The molecule has 0 aliphatic heterocycles. The van der Waals surface area contributed by atoms with Crippen LogP contribution in [-0.4, -0.2) is 11.0 Å². The highest BCUT2D eigenvalue weighted by atomic mass is 16.0. The molecule has 0 atom stereocenters. The maximum absolute atomic E-state index is 2.25. The predicted octanol–water partition coefficient (Wildman–Crippen LogP) is 4.69. The largest absolute Gasteiger partial charge is 0.412 e. The van der Waals surface area contributed by atoms with E-state index < -0.39 is 0 Å². The van der Waals surface area contributed by atoms with Crippen molar-refractivity contribution in [2.75, 3.05) is 0 Å². The van der Waals surface area contributed by atoms with Crippen LogP contribution in [0.2, 0.25) is 0 Å². The monoisotopic (exact) mass is 250 g/mol. The van der Waals surface area contributed by atoms with Crippen molar-refractivity contribution < 1.29 is 11.0 Å². The molecule has 0 heterocycles. The minimum Gasteiger partial charge on any atom is -0.412 e. The lowest BCUT2D eigenvalue weighted by Gasteiger charge is -2.05. The van der Waals surface area contributed by atoms with Crippen molar-refractivity contribution in [3.8, 4) is 0 Å². The summed E-state index contributed by atoms with van der Waals surface area (Å²) in [6, 6.07) is 0. The van der Waals surface area contributed by atoms with Crippen LogP contribution < -0.4 is 0 Å². The number of unbranched alkanes of at least 4 members (excludes halogenated alkanes) is 4. The van der Waals surface area contributed by atoms with Crippen LogP contribution in [0.3, 0.4) is 0 Å². The van der Waals surface area contributed by atoms with Crippen LogP contribution in [-0.2, 0) is 0 Å². The summed E-state index contributed by atoms with van der Waals surface area (Å²) < 4.78 is 0. The fourth-order valence-corrected chi connectivity index (χ4v) is 1.74. The molecule has 1 aliphatic carbocycles. The van der Waals surface area contributed by atoms with E-state index in [2.05, 4.69) is 13.8 Å². The molecule has 17 heavy (non-hydrogen) atoms. The third-order valence-corrected chi connectivity index (χ3v) is 2.71. The van der Waals surface area contributed by atoms with Crippen molar-refractivity contribution in [2.45, 2.75) is 98.3 Å². The molecule has 1 fully saturated rings. The first-order chi connectivity index (χ1) is 7.41. The highest BCUT2D eigenvalue weighted by Crippen LogP contribution is 2.15. The van der Waals surface area contributed by atoms with Crippen molar-refractivity contribution in [3.05, 3.63) is 0 Å².